The Morgan fingerprint density at radius 2 is 2.26 bits per heavy atom. The molecule has 1 atom stereocenters. The van der Waals surface area contributed by atoms with Crippen LogP contribution in [0, 0.1) is 0 Å². The van der Waals surface area contributed by atoms with E-state index in [-0.39, 0.29) is 17.1 Å². The number of nitrogens with two attached hydrogens (primary N) is 1. The zero-order valence-electron chi connectivity index (χ0n) is 11.3. The Balaban J connectivity index is 2.25. The number of halogens is 1. The molecule has 1 aliphatic rings. The van der Waals surface area contributed by atoms with Crippen molar-refractivity contribution in [1.29, 1.82) is 0 Å². The number of carbonyl (C=O) groups excluding carboxylic acids is 1. The van der Waals surface area contributed by atoms with Gasteiger partial charge in [0.25, 0.3) is 5.91 Å². The van der Waals surface area contributed by atoms with Gasteiger partial charge in [-0.1, -0.05) is 11.6 Å². The molecule has 2 N–H and O–H groups in total. The number of carbonyl (C=O) groups is 1. The first kappa shape index (κ1) is 14.1. The van der Waals surface area contributed by atoms with Crippen LogP contribution in [0.4, 0.5) is 5.69 Å². The van der Waals surface area contributed by atoms with Gasteiger partial charge in [0.2, 0.25) is 0 Å². The minimum atomic E-state index is -0.0652. The maximum atomic E-state index is 12.6. The van der Waals surface area contributed by atoms with Crippen molar-refractivity contribution in [2.45, 2.75) is 19.4 Å². The van der Waals surface area contributed by atoms with Crippen LogP contribution in [-0.2, 0) is 0 Å². The summed E-state index contributed by atoms with van der Waals surface area (Å²) in [5, 5.41) is 0.289. The minimum absolute atomic E-state index is 0.0652. The van der Waals surface area contributed by atoms with Crippen molar-refractivity contribution in [3.8, 4) is 0 Å². The number of rotatable bonds is 1. The van der Waals surface area contributed by atoms with Gasteiger partial charge in [-0.15, -0.1) is 0 Å². The molecule has 0 saturated carbocycles. The van der Waals surface area contributed by atoms with Crippen molar-refractivity contribution >= 4 is 23.2 Å². The van der Waals surface area contributed by atoms with Crippen LogP contribution < -0.4 is 5.73 Å². The van der Waals surface area contributed by atoms with Gasteiger partial charge < -0.3 is 15.5 Å². The lowest BCUT2D eigenvalue weighted by atomic mass is 10.1. The first-order valence-corrected chi connectivity index (χ1v) is 6.77. The molecule has 6 heteroatoms. The predicted molar refractivity (Wildman–Crippen MR) is 76.3 cm³/mol. The third kappa shape index (κ3) is 3.16. The van der Waals surface area contributed by atoms with Crippen molar-refractivity contribution in [3.05, 3.63) is 23.0 Å². The van der Waals surface area contributed by atoms with E-state index >= 15 is 0 Å². The molecule has 1 amide bonds. The Morgan fingerprint density at radius 1 is 1.53 bits per heavy atom. The average Bonchev–Trinajstić information content (AvgIpc) is 2.52. The summed E-state index contributed by atoms with van der Waals surface area (Å²) in [5.74, 6) is -0.0652. The van der Waals surface area contributed by atoms with Crippen LogP contribution in [0.25, 0.3) is 0 Å². The molecule has 0 radical (unpaired) electrons. The molecule has 0 aliphatic carbocycles. The van der Waals surface area contributed by atoms with Gasteiger partial charge in [-0.05, 0) is 33.0 Å². The summed E-state index contributed by atoms with van der Waals surface area (Å²) in [5.41, 5.74) is 6.65. The summed E-state index contributed by atoms with van der Waals surface area (Å²) in [6.45, 7) is 4.66. The standard InChI is InChI=1S/C13H19ClN4O/c1-9-8-17(2)4-3-5-18(9)13(19)10-6-12(14)16-7-11(10)15/h6-7,9H,3-5,8,15H2,1-2H3. The van der Waals surface area contributed by atoms with Crippen LogP contribution in [0.3, 0.4) is 0 Å². The zero-order chi connectivity index (χ0) is 14.0. The lowest BCUT2D eigenvalue weighted by molar-refractivity contribution is 0.0697. The summed E-state index contributed by atoms with van der Waals surface area (Å²) >= 11 is 5.85. The van der Waals surface area contributed by atoms with E-state index in [2.05, 4.69) is 23.9 Å². The molecular weight excluding hydrogens is 264 g/mol. The lowest BCUT2D eigenvalue weighted by Gasteiger charge is -2.28. The van der Waals surface area contributed by atoms with Crippen molar-refractivity contribution in [3.63, 3.8) is 0 Å². The molecule has 19 heavy (non-hydrogen) atoms. The van der Waals surface area contributed by atoms with Crippen LogP contribution in [0.2, 0.25) is 5.15 Å². The van der Waals surface area contributed by atoms with Crippen molar-refractivity contribution < 1.29 is 4.79 Å². The fourth-order valence-corrected chi connectivity index (χ4v) is 2.61. The van der Waals surface area contributed by atoms with Gasteiger partial charge in [0.05, 0.1) is 17.4 Å². The molecule has 1 saturated heterocycles. The van der Waals surface area contributed by atoms with Gasteiger partial charge in [0.15, 0.2) is 0 Å². The highest BCUT2D eigenvalue weighted by atomic mass is 35.5. The Kier molecular flexibility index (Phi) is 4.27. The number of hydrogen-bond acceptors (Lipinski definition) is 4. The van der Waals surface area contributed by atoms with Crippen molar-refractivity contribution in [2.24, 2.45) is 0 Å². The highest BCUT2D eigenvalue weighted by molar-refractivity contribution is 6.29. The quantitative estimate of drug-likeness (QED) is 0.793. The van der Waals surface area contributed by atoms with E-state index in [4.69, 9.17) is 17.3 Å². The molecular formula is C13H19ClN4O. The first-order chi connectivity index (χ1) is 8.99. The number of amides is 1. The van der Waals surface area contributed by atoms with Crippen molar-refractivity contribution in [1.82, 2.24) is 14.8 Å². The predicted octanol–water partition coefficient (Wildman–Crippen LogP) is 1.48. The fourth-order valence-electron chi connectivity index (χ4n) is 2.45. The van der Waals surface area contributed by atoms with E-state index in [0.29, 0.717) is 11.3 Å². The SMILES string of the molecule is CC1CN(C)CCCN1C(=O)c1cc(Cl)ncc1N. The highest BCUT2D eigenvalue weighted by Crippen LogP contribution is 2.20. The van der Waals surface area contributed by atoms with Gasteiger partial charge in [-0.25, -0.2) is 4.98 Å². The summed E-state index contributed by atoms with van der Waals surface area (Å²) in [4.78, 5) is 20.6. The molecule has 0 spiro atoms. The van der Waals surface area contributed by atoms with Gasteiger partial charge >= 0.3 is 0 Å². The van der Waals surface area contributed by atoms with Crippen LogP contribution >= 0.6 is 11.6 Å². The Bertz CT molecular complexity index is 480. The number of hydrogen-bond donors (Lipinski definition) is 1. The van der Waals surface area contributed by atoms with Crippen LogP contribution in [-0.4, -0.2) is 53.4 Å². The molecule has 1 unspecified atom stereocenters. The number of pyridine rings is 1. The summed E-state index contributed by atoms with van der Waals surface area (Å²) in [6.07, 6.45) is 2.40. The van der Waals surface area contributed by atoms with Gasteiger partial charge in [-0.3, -0.25) is 4.79 Å². The average molecular weight is 283 g/mol. The maximum absolute atomic E-state index is 12.6. The molecule has 1 aromatic rings. The Labute approximate surface area is 118 Å². The van der Waals surface area contributed by atoms with Crippen LogP contribution in [0.5, 0.6) is 0 Å². The summed E-state index contributed by atoms with van der Waals surface area (Å²) in [7, 11) is 2.07. The minimum Gasteiger partial charge on any atom is -0.397 e. The monoisotopic (exact) mass is 282 g/mol. The van der Waals surface area contributed by atoms with E-state index in [9.17, 15) is 4.79 Å². The second kappa shape index (κ2) is 5.75. The fraction of sp³-hybridized carbons (Fsp3) is 0.538. The maximum Gasteiger partial charge on any atom is 0.256 e. The second-order valence-corrected chi connectivity index (χ2v) is 5.44. The Hall–Kier alpha value is -1.33. The molecule has 0 bridgehead atoms. The van der Waals surface area contributed by atoms with E-state index in [1.807, 2.05) is 4.90 Å². The smallest absolute Gasteiger partial charge is 0.256 e. The van der Waals surface area contributed by atoms with E-state index < -0.39 is 0 Å². The number of nitrogens with zero attached hydrogens (tertiary/aromatic N) is 3. The third-order valence-corrected chi connectivity index (χ3v) is 3.65. The number of likely N-dealkylation sites (N-methyl/N-ethyl adjacent to an activating group) is 1. The zero-order valence-corrected chi connectivity index (χ0v) is 12.0. The first-order valence-electron chi connectivity index (χ1n) is 6.39. The second-order valence-electron chi connectivity index (χ2n) is 5.06. The molecule has 104 valence electrons. The van der Waals surface area contributed by atoms with Crippen molar-refractivity contribution in [2.75, 3.05) is 32.4 Å². The molecule has 1 aromatic heterocycles. The molecule has 5 nitrogen and oxygen atoms in total. The van der Waals surface area contributed by atoms with Crippen LogP contribution in [0.15, 0.2) is 12.3 Å². The van der Waals surface area contributed by atoms with Gasteiger partial charge in [-0.2, -0.15) is 0 Å². The number of aromatic nitrogens is 1. The lowest BCUT2D eigenvalue weighted by Crippen LogP contribution is -2.42. The van der Waals surface area contributed by atoms with E-state index in [1.165, 1.54) is 6.20 Å². The normalized spacial score (nSPS) is 21.2. The highest BCUT2D eigenvalue weighted by Gasteiger charge is 2.26. The topological polar surface area (TPSA) is 62.5 Å². The van der Waals surface area contributed by atoms with Gasteiger partial charge in [0.1, 0.15) is 5.15 Å². The van der Waals surface area contributed by atoms with Crippen LogP contribution in [0.1, 0.15) is 23.7 Å². The summed E-state index contributed by atoms with van der Waals surface area (Å²) in [6, 6.07) is 1.70. The molecule has 2 rings (SSSR count). The molecule has 0 aromatic carbocycles. The largest absolute Gasteiger partial charge is 0.397 e. The third-order valence-electron chi connectivity index (χ3n) is 3.44. The molecule has 1 fully saturated rings. The number of nitrogen functional groups attached to an aromatic ring is 1. The van der Waals surface area contributed by atoms with E-state index in [0.717, 1.165) is 26.1 Å². The molecule has 1 aliphatic heterocycles. The van der Waals surface area contributed by atoms with E-state index in [1.54, 1.807) is 6.07 Å². The summed E-state index contributed by atoms with van der Waals surface area (Å²) < 4.78 is 0. The Morgan fingerprint density at radius 3 is 3.00 bits per heavy atom. The van der Waals surface area contributed by atoms with Gasteiger partial charge in [0, 0.05) is 19.1 Å². The number of anilines is 1. The molecule has 2 heterocycles.